The number of hydrogen-bond donors (Lipinski definition) is 0. The van der Waals surface area contributed by atoms with Gasteiger partial charge in [-0.2, -0.15) is 0 Å². The Hall–Kier alpha value is -1.62. The van der Waals surface area contributed by atoms with E-state index in [-0.39, 0.29) is 5.91 Å². The molecular weight excluding hydrogens is 276 g/mol. The van der Waals surface area contributed by atoms with Crippen LogP contribution in [0.4, 0.5) is 5.69 Å². The molecule has 1 amide bonds. The summed E-state index contributed by atoms with van der Waals surface area (Å²) in [7, 11) is 2.09. The molecule has 22 heavy (non-hydrogen) atoms. The van der Waals surface area contributed by atoms with Gasteiger partial charge in [-0.25, -0.2) is 0 Å². The van der Waals surface area contributed by atoms with E-state index in [4.69, 9.17) is 0 Å². The van der Waals surface area contributed by atoms with E-state index < -0.39 is 0 Å². The Morgan fingerprint density at radius 1 is 1.14 bits per heavy atom. The lowest BCUT2D eigenvalue weighted by Crippen LogP contribution is -2.47. The summed E-state index contributed by atoms with van der Waals surface area (Å²) in [4.78, 5) is 23.4. The van der Waals surface area contributed by atoms with Crippen molar-refractivity contribution in [2.75, 3.05) is 51.2 Å². The highest BCUT2D eigenvalue weighted by molar-refractivity contribution is 5.94. The maximum Gasteiger partial charge on any atom is 0.255 e. The summed E-state index contributed by atoms with van der Waals surface area (Å²) in [6.45, 7) is 9.84. The predicted octanol–water partition coefficient (Wildman–Crippen LogP) is 2.10. The molecule has 0 radical (unpaired) electrons. The first-order valence-electron chi connectivity index (χ1n) is 8.33. The molecule has 1 aromatic heterocycles. The molecule has 5 heteroatoms. The minimum atomic E-state index is 0.107. The Morgan fingerprint density at radius 2 is 1.77 bits per heavy atom. The van der Waals surface area contributed by atoms with Gasteiger partial charge >= 0.3 is 0 Å². The average Bonchev–Trinajstić information content (AvgIpc) is 2.55. The molecule has 0 saturated carbocycles. The van der Waals surface area contributed by atoms with Crippen molar-refractivity contribution in [1.29, 1.82) is 0 Å². The fourth-order valence-corrected chi connectivity index (χ4v) is 2.82. The van der Waals surface area contributed by atoms with Crippen molar-refractivity contribution in [3.63, 3.8) is 0 Å². The predicted molar refractivity (Wildman–Crippen MR) is 90.4 cm³/mol. The van der Waals surface area contributed by atoms with Gasteiger partial charge in [-0.3, -0.25) is 9.78 Å². The van der Waals surface area contributed by atoms with Crippen molar-refractivity contribution >= 4 is 11.6 Å². The van der Waals surface area contributed by atoms with Gasteiger partial charge < -0.3 is 14.7 Å². The van der Waals surface area contributed by atoms with Gasteiger partial charge in [0.05, 0.1) is 17.4 Å². The maximum atomic E-state index is 12.6. The van der Waals surface area contributed by atoms with Crippen LogP contribution in [0.1, 0.15) is 37.0 Å². The highest BCUT2D eigenvalue weighted by Crippen LogP contribution is 2.17. The second kappa shape index (κ2) is 8.13. The number of carbonyl (C=O) groups excluding carboxylic acids is 1. The quantitative estimate of drug-likeness (QED) is 0.807. The van der Waals surface area contributed by atoms with Crippen molar-refractivity contribution in [1.82, 2.24) is 14.8 Å². The number of pyridine rings is 1. The molecule has 2 rings (SSSR count). The number of piperazine rings is 1. The molecule has 0 aromatic carbocycles. The van der Waals surface area contributed by atoms with Crippen LogP contribution in [0, 0.1) is 0 Å². The summed E-state index contributed by atoms with van der Waals surface area (Å²) in [5.41, 5.74) is 1.77. The summed E-state index contributed by atoms with van der Waals surface area (Å²) >= 11 is 0. The molecule has 122 valence electrons. The SMILES string of the molecule is CCCN(CCC)c1cncc(C(=O)N2CCN(C)CC2)c1. The first kappa shape index (κ1) is 16.7. The highest BCUT2D eigenvalue weighted by Gasteiger charge is 2.21. The third-order valence-corrected chi connectivity index (χ3v) is 4.11. The van der Waals surface area contributed by atoms with Crippen LogP contribution >= 0.6 is 0 Å². The second-order valence-electron chi connectivity index (χ2n) is 6.01. The molecule has 0 aliphatic carbocycles. The Labute approximate surface area is 133 Å². The third kappa shape index (κ3) is 4.19. The molecule has 0 atom stereocenters. The smallest absolute Gasteiger partial charge is 0.255 e. The van der Waals surface area contributed by atoms with Gasteiger partial charge in [-0.1, -0.05) is 13.8 Å². The lowest BCUT2D eigenvalue weighted by atomic mass is 10.2. The van der Waals surface area contributed by atoms with Gasteiger partial charge in [0.25, 0.3) is 5.91 Å². The first-order chi connectivity index (χ1) is 10.7. The minimum absolute atomic E-state index is 0.107. The Balaban J connectivity index is 2.11. The van der Waals surface area contributed by atoms with Gasteiger partial charge in [0.15, 0.2) is 0 Å². The Bertz CT molecular complexity index is 477. The van der Waals surface area contributed by atoms with E-state index in [0.29, 0.717) is 5.56 Å². The molecule has 1 aromatic rings. The lowest BCUT2D eigenvalue weighted by Gasteiger charge is -2.32. The molecule has 0 spiro atoms. The monoisotopic (exact) mass is 304 g/mol. The number of likely N-dealkylation sites (N-methyl/N-ethyl adjacent to an activating group) is 1. The number of amides is 1. The van der Waals surface area contributed by atoms with Gasteiger partial charge in [0, 0.05) is 45.5 Å². The van der Waals surface area contributed by atoms with E-state index >= 15 is 0 Å². The second-order valence-corrected chi connectivity index (χ2v) is 6.01. The summed E-state index contributed by atoms with van der Waals surface area (Å²) in [5.74, 6) is 0.107. The van der Waals surface area contributed by atoms with E-state index in [1.807, 2.05) is 17.2 Å². The van der Waals surface area contributed by atoms with Crippen molar-refractivity contribution in [3.05, 3.63) is 24.0 Å². The molecule has 1 aliphatic heterocycles. The van der Waals surface area contributed by atoms with Crippen molar-refractivity contribution in [3.8, 4) is 0 Å². The van der Waals surface area contributed by atoms with Gasteiger partial charge in [0.1, 0.15) is 0 Å². The Morgan fingerprint density at radius 3 is 2.36 bits per heavy atom. The molecule has 5 nitrogen and oxygen atoms in total. The van der Waals surface area contributed by atoms with Crippen molar-refractivity contribution < 1.29 is 4.79 Å². The van der Waals surface area contributed by atoms with E-state index in [2.05, 4.69) is 35.7 Å². The maximum absolute atomic E-state index is 12.6. The van der Waals surface area contributed by atoms with Gasteiger partial charge in [-0.15, -0.1) is 0 Å². The summed E-state index contributed by atoms with van der Waals surface area (Å²) in [6.07, 6.45) is 5.75. The van der Waals surface area contributed by atoms with Crippen LogP contribution in [0.3, 0.4) is 0 Å². The molecule has 2 heterocycles. The number of rotatable bonds is 6. The molecule has 1 aliphatic rings. The zero-order valence-electron chi connectivity index (χ0n) is 14.1. The lowest BCUT2D eigenvalue weighted by molar-refractivity contribution is 0.0663. The molecule has 1 saturated heterocycles. The zero-order chi connectivity index (χ0) is 15.9. The van der Waals surface area contributed by atoms with Crippen molar-refractivity contribution in [2.24, 2.45) is 0 Å². The van der Waals surface area contributed by atoms with Crippen LogP contribution < -0.4 is 4.90 Å². The average molecular weight is 304 g/mol. The Kier molecular flexibility index (Phi) is 6.19. The zero-order valence-corrected chi connectivity index (χ0v) is 14.1. The van der Waals surface area contributed by atoms with Gasteiger partial charge in [0.2, 0.25) is 0 Å². The number of carbonyl (C=O) groups is 1. The summed E-state index contributed by atoms with van der Waals surface area (Å²) < 4.78 is 0. The van der Waals surface area contributed by atoms with Crippen LogP contribution in [0.5, 0.6) is 0 Å². The fraction of sp³-hybridized carbons (Fsp3) is 0.647. The largest absolute Gasteiger partial charge is 0.370 e. The number of aromatic nitrogens is 1. The summed E-state index contributed by atoms with van der Waals surface area (Å²) in [6, 6.07) is 2.00. The van der Waals surface area contributed by atoms with E-state index in [1.165, 1.54) is 0 Å². The van der Waals surface area contributed by atoms with Crippen LogP contribution in [0.15, 0.2) is 18.5 Å². The van der Waals surface area contributed by atoms with E-state index in [1.54, 1.807) is 6.20 Å². The number of hydrogen-bond acceptors (Lipinski definition) is 4. The minimum Gasteiger partial charge on any atom is -0.370 e. The van der Waals surface area contributed by atoms with Crippen LogP contribution in [0.2, 0.25) is 0 Å². The van der Waals surface area contributed by atoms with Gasteiger partial charge in [-0.05, 0) is 26.0 Å². The van der Waals surface area contributed by atoms with Crippen molar-refractivity contribution in [2.45, 2.75) is 26.7 Å². The van der Waals surface area contributed by atoms with E-state index in [9.17, 15) is 4.79 Å². The standard InChI is InChI=1S/C17H28N4O/c1-4-6-20(7-5-2)16-12-15(13-18-14-16)17(22)21-10-8-19(3)9-11-21/h12-14H,4-11H2,1-3H3. The van der Waals surface area contributed by atoms with Crippen LogP contribution in [0.25, 0.3) is 0 Å². The highest BCUT2D eigenvalue weighted by atomic mass is 16.2. The van der Waals surface area contributed by atoms with E-state index in [0.717, 1.165) is 57.8 Å². The molecule has 0 N–H and O–H groups in total. The normalized spacial score (nSPS) is 15.9. The van der Waals surface area contributed by atoms with Crippen LogP contribution in [-0.4, -0.2) is 67.0 Å². The fourth-order valence-electron chi connectivity index (χ4n) is 2.82. The first-order valence-corrected chi connectivity index (χ1v) is 8.33. The molecule has 0 unspecified atom stereocenters. The number of nitrogens with zero attached hydrogens (tertiary/aromatic N) is 4. The molecular formula is C17H28N4O. The summed E-state index contributed by atoms with van der Waals surface area (Å²) in [5, 5.41) is 0. The molecule has 1 fully saturated rings. The molecule has 0 bridgehead atoms. The topological polar surface area (TPSA) is 39.7 Å². The third-order valence-electron chi connectivity index (χ3n) is 4.11. The number of anilines is 1. The van der Waals surface area contributed by atoms with Crippen LogP contribution in [-0.2, 0) is 0 Å².